The van der Waals surface area contributed by atoms with Crippen LogP contribution in [0.1, 0.15) is 22.8 Å². The molecule has 0 radical (unpaired) electrons. The van der Waals surface area contributed by atoms with Crippen LogP contribution < -0.4 is 0 Å². The van der Waals surface area contributed by atoms with Crippen molar-refractivity contribution < 1.29 is 14.3 Å². The Morgan fingerprint density at radius 1 is 1.14 bits per heavy atom. The van der Waals surface area contributed by atoms with Crippen molar-refractivity contribution in [2.45, 2.75) is 6.92 Å². The smallest absolute Gasteiger partial charge is 0.409 e. The van der Waals surface area contributed by atoms with E-state index in [9.17, 15) is 9.59 Å². The molecule has 1 heterocycles. The lowest BCUT2D eigenvalue weighted by atomic mass is 10.1. The predicted molar refractivity (Wildman–Crippen MR) is 75.7 cm³/mol. The summed E-state index contributed by atoms with van der Waals surface area (Å²) >= 11 is 0. The number of hydrogen-bond donors (Lipinski definition) is 0. The molecule has 1 aliphatic rings. The Morgan fingerprint density at radius 2 is 1.71 bits per heavy atom. The molecular weight excluding hydrogens is 270 g/mol. The maximum Gasteiger partial charge on any atom is 0.409 e. The van der Waals surface area contributed by atoms with Gasteiger partial charge < -0.3 is 14.5 Å². The third kappa shape index (κ3) is 3.51. The second-order valence-electron chi connectivity index (χ2n) is 4.67. The van der Waals surface area contributed by atoms with Crippen LogP contribution in [-0.4, -0.2) is 54.6 Å². The van der Waals surface area contributed by atoms with Crippen LogP contribution in [0.5, 0.6) is 0 Å². The van der Waals surface area contributed by atoms with E-state index in [-0.39, 0.29) is 12.0 Å². The SMILES string of the molecule is CCOC(=O)N1CCN(C(=O)c2ccc(C#N)cc2)CC1. The van der Waals surface area contributed by atoms with E-state index < -0.39 is 0 Å². The fraction of sp³-hybridized carbons (Fsp3) is 0.400. The topological polar surface area (TPSA) is 73.6 Å². The molecule has 0 aromatic heterocycles. The third-order valence-electron chi connectivity index (χ3n) is 3.35. The monoisotopic (exact) mass is 287 g/mol. The minimum Gasteiger partial charge on any atom is -0.450 e. The van der Waals surface area contributed by atoms with Gasteiger partial charge in [-0.3, -0.25) is 4.79 Å². The number of carbonyl (C=O) groups excluding carboxylic acids is 2. The van der Waals surface area contributed by atoms with Crippen LogP contribution in [0.25, 0.3) is 0 Å². The molecule has 0 saturated carbocycles. The summed E-state index contributed by atoms with van der Waals surface area (Å²) in [7, 11) is 0. The number of hydrogen-bond acceptors (Lipinski definition) is 4. The summed E-state index contributed by atoms with van der Waals surface area (Å²) in [6.45, 7) is 4.03. The molecule has 1 fully saturated rings. The second-order valence-corrected chi connectivity index (χ2v) is 4.67. The van der Waals surface area contributed by atoms with E-state index in [1.165, 1.54) is 0 Å². The highest BCUT2D eigenvalue weighted by Gasteiger charge is 2.25. The van der Waals surface area contributed by atoms with Gasteiger partial charge in [0.1, 0.15) is 0 Å². The van der Waals surface area contributed by atoms with Gasteiger partial charge in [-0.1, -0.05) is 0 Å². The molecule has 2 amide bonds. The zero-order chi connectivity index (χ0) is 15.2. The van der Waals surface area contributed by atoms with Gasteiger partial charge in [0.05, 0.1) is 18.2 Å². The van der Waals surface area contributed by atoms with Crippen molar-refractivity contribution >= 4 is 12.0 Å². The summed E-state index contributed by atoms with van der Waals surface area (Å²) in [5.41, 5.74) is 1.08. The zero-order valence-corrected chi connectivity index (χ0v) is 11.9. The first kappa shape index (κ1) is 14.9. The fourth-order valence-electron chi connectivity index (χ4n) is 2.18. The van der Waals surface area contributed by atoms with Gasteiger partial charge in [0.25, 0.3) is 5.91 Å². The summed E-state index contributed by atoms with van der Waals surface area (Å²) < 4.78 is 4.94. The summed E-state index contributed by atoms with van der Waals surface area (Å²) in [5, 5.41) is 8.75. The van der Waals surface area contributed by atoms with E-state index >= 15 is 0 Å². The molecule has 0 bridgehead atoms. The highest BCUT2D eigenvalue weighted by Crippen LogP contribution is 2.10. The number of amides is 2. The number of benzene rings is 1. The summed E-state index contributed by atoms with van der Waals surface area (Å²) in [5.74, 6) is -0.0806. The first-order chi connectivity index (χ1) is 10.2. The molecule has 0 aliphatic carbocycles. The van der Waals surface area contributed by atoms with E-state index in [0.29, 0.717) is 43.9 Å². The molecule has 1 saturated heterocycles. The molecule has 0 atom stereocenters. The Morgan fingerprint density at radius 3 is 2.24 bits per heavy atom. The lowest BCUT2D eigenvalue weighted by molar-refractivity contribution is 0.0570. The highest BCUT2D eigenvalue weighted by molar-refractivity contribution is 5.94. The molecule has 1 aliphatic heterocycles. The Kier molecular flexibility index (Phi) is 4.77. The standard InChI is InChI=1S/C15H17N3O3/c1-2-21-15(20)18-9-7-17(8-10-18)14(19)13-5-3-12(11-16)4-6-13/h3-6H,2,7-10H2,1H3. The molecule has 1 aromatic carbocycles. The van der Waals surface area contributed by atoms with Gasteiger partial charge in [-0.2, -0.15) is 5.26 Å². The predicted octanol–water partition coefficient (Wildman–Crippen LogP) is 1.47. The largest absolute Gasteiger partial charge is 0.450 e. The van der Waals surface area contributed by atoms with Crippen molar-refractivity contribution in [3.8, 4) is 6.07 Å². The molecule has 6 nitrogen and oxygen atoms in total. The second kappa shape index (κ2) is 6.75. The molecule has 0 N–H and O–H groups in total. The number of carbonyl (C=O) groups is 2. The quantitative estimate of drug-likeness (QED) is 0.825. The van der Waals surface area contributed by atoms with E-state index in [0.717, 1.165) is 0 Å². The third-order valence-corrected chi connectivity index (χ3v) is 3.35. The van der Waals surface area contributed by atoms with Gasteiger partial charge in [0, 0.05) is 31.7 Å². The van der Waals surface area contributed by atoms with Crippen LogP contribution in [0, 0.1) is 11.3 Å². The molecule has 0 spiro atoms. The average Bonchev–Trinajstić information content (AvgIpc) is 2.54. The van der Waals surface area contributed by atoms with Gasteiger partial charge in [-0.05, 0) is 31.2 Å². The molecule has 21 heavy (non-hydrogen) atoms. The van der Waals surface area contributed by atoms with Crippen molar-refractivity contribution in [3.05, 3.63) is 35.4 Å². The molecule has 0 unspecified atom stereocenters. The van der Waals surface area contributed by atoms with E-state index in [4.69, 9.17) is 10.00 Å². The lowest BCUT2D eigenvalue weighted by Gasteiger charge is -2.34. The van der Waals surface area contributed by atoms with Crippen molar-refractivity contribution in [2.75, 3.05) is 32.8 Å². The number of ether oxygens (including phenoxy) is 1. The van der Waals surface area contributed by atoms with Gasteiger partial charge >= 0.3 is 6.09 Å². The van der Waals surface area contributed by atoms with E-state index in [2.05, 4.69) is 0 Å². The summed E-state index contributed by atoms with van der Waals surface area (Å²) in [4.78, 5) is 27.2. The van der Waals surface area contributed by atoms with Crippen LogP contribution in [0.3, 0.4) is 0 Å². The number of rotatable bonds is 2. The fourth-order valence-corrected chi connectivity index (χ4v) is 2.18. The lowest BCUT2D eigenvalue weighted by Crippen LogP contribution is -2.50. The minimum atomic E-state index is -0.331. The normalized spacial score (nSPS) is 14.5. The maximum atomic E-state index is 12.3. The van der Waals surface area contributed by atoms with E-state index in [1.807, 2.05) is 6.07 Å². The van der Waals surface area contributed by atoms with Crippen molar-refractivity contribution in [1.29, 1.82) is 5.26 Å². The Labute approximate surface area is 123 Å². The summed E-state index contributed by atoms with van der Waals surface area (Å²) in [6.07, 6.45) is -0.331. The zero-order valence-electron chi connectivity index (χ0n) is 11.9. The van der Waals surface area contributed by atoms with Gasteiger partial charge in [0.2, 0.25) is 0 Å². The molecule has 6 heteroatoms. The van der Waals surface area contributed by atoms with Crippen LogP contribution in [0.2, 0.25) is 0 Å². The van der Waals surface area contributed by atoms with Crippen LogP contribution in [-0.2, 0) is 4.74 Å². The number of nitrogens with zero attached hydrogens (tertiary/aromatic N) is 3. The molecule has 1 aromatic rings. The van der Waals surface area contributed by atoms with Gasteiger partial charge in [0.15, 0.2) is 0 Å². The highest BCUT2D eigenvalue weighted by atomic mass is 16.6. The Balaban J connectivity index is 1.93. The van der Waals surface area contributed by atoms with Crippen molar-refractivity contribution in [3.63, 3.8) is 0 Å². The first-order valence-corrected chi connectivity index (χ1v) is 6.87. The average molecular weight is 287 g/mol. The number of nitriles is 1. The Bertz CT molecular complexity index is 555. The molecule has 110 valence electrons. The Hall–Kier alpha value is -2.55. The van der Waals surface area contributed by atoms with Crippen LogP contribution in [0.15, 0.2) is 24.3 Å². The van der Waals surface area contributed by atoms with Crippen molar-refractivity contribution in [1.82, 2.24) is 9.80 Å². The number of piperazine rings is 1. The summed E-state index contributed by atoms with van der Waals surface area (Å²) in [6, 6.07) is 8.58. The molecule has 2 rings (SSSR count). The van der Waals surface area contributed by atoms with E-state index in [1.54, 1.807) is 41.0 Å². The van der Waals surface area contributed by atoms with Crippen molar-refractivity contribution in [2.24, 2.45) is 0 Å². The van der Waals surface area contributed by atoms with Gasteiger partial charge in [-0.15, -0.1) is 0 Å². The van der Waals surface area contributed by atoms with Gasteiger partial charge in [-0.25, -0.2) is 4.79 Å². The minimum absolute atomic E-state index is 0.0806. The molecular formula is C15H17N3O3. The maximum absolute atomic E-state index is 12.3. The van der Waals surface area contributed by atoms with Crippen LogP contribution >= 0.6 is 0 Å². The van der Waals surface area contributed by atoms with Crippen LogP contribution in [0.4, 0.5) is 4.79 Å². The first-order valence-electron chi connectivity index (χ1n) is 6.87.